The zero-order valence-corrected chi connectivity index (χ0v) is 13.9. The Morgan fingerprint density at radius 3 is 2.00 bits per heavy atom. The van der Waals surface area contributed by atoms with Gasteiger partial charge in [0.25, 0.3) is 0 Å². The number of hydrogen-bond donors (Lipinski definition) is 1. The SMILES string of the molecule is CCC1C(C)C1C(C)CC1C(C)C1C(C)C(C)CN. The van der Waals surface area contributed by atoms with Crippen LogP contribution in [0, 0.1) is 53.3 Å². The minimum atomic E-state index is 0.691. The Morgan fingerprint density at radius 1 is 0.947 bits per heavy atom. The van der Waals surface area contributed by atoms with E-state index in [-0.39, 0.29) is 0 Å². The fraction of sp³-hybridized carbons (Fsp3) is 1.00. The highest BCUT2D eigenvalue weighted by molar-refractivity contribution is 5.02. The molecule has 0 amide bonds. The summed E-state index contributed by atoms with van der Waals surface area (Å²) in [6.07, 6.45) is 2.86. The summed E-state index contributed by atoms with van der Waals surface area (Å²) in [5.41, 5.74) is 5.84. The lowest BCUT2D eigenvalue weighted by Crippen LogP contribution is -2.21. The molecule has 0 saturated heterocycles. The van der Waals surface area contributed by atoms with Crippen molar-refractivity contribution in [3.63, 3.8) is 0 Å². The first kappa shape index (κ1) is 15.4. The minimum absolute atomic E-state index is 0.691. The summed E-state index contributed by atoms with van der Waals surface area (Å²) < 4.78 is 0. The van der Waals surface area contributed by atoms with Gasteiger partial charge in [-0.25, -0.2) is 0 Å². The molecule has 1 nitrogen and oxygen atoms in total. The second-order valence-corrected chi connectivity index (χ2v) is 7.89. The zero-order chi connectivity index (χ0) is 14.3. The maximum Gasteiger partial charge on any atom is -0.00489 e. The number of hydrogen-bond acceptors (Lipinski definition) is 1. The molecule has 2 saturated carbocycles. The van der Waals surface area contributed by atoms with Crippen LogP contribution >= 0.6 is 0 Å². The number of nitrogens with two attached hydrogens (primary N) is 1. The lowest BCUT2D eigenvalue weighted by Gasteiger charge is -2.19. The van der Waals surface area contributed by atoms with E-state index >= 15 is 0 Å². The summed E-state index contributed by atoms with van der Waals surface area (Å²) >= 11 is 0. The van der Waals surface area contributed by atoms with E-state index in [1.165, 1.54) is 12.8 Å². The fourth-order valence-electron chi connectivity index (χ4n) is 5.16. The smallest absolute Gasteiger partial charge is 0.00489 e. The van der Waals surface area contributed by atoms with Gasteiger partial charge in [-0.05, 0) is 66.2 Å². The topological polar surface area (TPSA) is 26.0 Å². The molecule has 112 valence electrons. The highest BCUT2D eigenvalue weighted by Crippen LogP contribution is 2.60. The quantitative estimate of drug-likeness (QED) is 0.724. The Balaban J connectivity index is 1.82. The van der Waals surface area contributed by atoms with E-state index in [4.69, 9.17) is 5.73 Å². The largest absolute Gasteiger partial charge is 0.330 e. The second-order valence-electron chi connectivity index (χ2n) is 7.89. The molecule has 0 radical (unpaired) electrons. The van der Waals surface area contributed by atoms with Crippen molar-refractivity contribution in [3.8, 4) is 0 Å². The van der Waals surface area contributed by atoms with Gasteiger partial charge in [-0.3, -0.25) is 0 Å². The zero-order valence-electron chi connectivity index (χ0n) is 13.9. The Kier molecular flexibility index (Phi) is 4.65. The average molecular weight is 265 g/mol. The van der Waals surface area contributed by atoms with Crippen LogP contribution in [-0.4, -0.2) is 6.54 Å². The van der Waals surface area contributed by atoms with Crippen molar-refractivity contribution in [3.05, 3.63) is 0 Å². The van der Waals surface area contributed by atoms with Crippen molar-refractivity contribution in [2.75, 3.05) is 6.54 Å². The molecular weight excluding hydrogens is 230 g/mol. The van der Waals surface area contributed by atoms with E-state index in [2.05, 4.69) is 41.5 Å². The summed E-state index contributed by atoms with van der Waals surface area (Å²) in [4.78, 5) is 0. The lowest BCUT2D eigenvalue weighted by molar-refractivity contribution is 0.313. The molecule has 1 heteroatoms. The Morgan fingerprint density at radius 2 is 1.53 bits per heavy atom. The molecule has 2 aliphatic carbocycles. The van der Waals surface area contributed by atoms with Gasteiger partial charge in [0.2, 0.25) is 0 Å². The second kappa shape index (κ2) is 5.76. The molecule has 0 bridgehead atoms. The Labute approximate surface area is 120 Å². The third-order valence-corrected chi connectivity index (χ3v) is 6.92. The maximum atomic E-state index is 5.84. The molecule has 0 spiro atoms. The monoisotopic (exact) mass is 265 g/mol. The van der Waals surface area contributed by atoms with Crippen LogP contribution in [0.15, 0.2) is 0 Å². The van der Waals surface area contributed by atoms with Crippen molar-refractivity contribution >= 4 is 0 Å². The molecule has 0 aromatic carbocycles. The molecule has 2 aliphatic rings. The normalized spacial score (nSPS) is 45.6. The average Bonchev–Trinajstić information content (AvgIpc) is 3.24. The van der Waals surface area contributed by atoms with Crippen LogP contribution in [0.3, 0.4) is 0 Å². The highest BCUT2D eigenvalue weighted by atomic mass is 14.6. The first-order chi connectivity index (χ1) is 8.93. The molecule has 2 fully saturated rings. The molecule has 0 aromatic heterocycles. The third kappa shape index (κ3) is 2.86. The van der Waals surface area contributed by atoms with Crippen LogP contribution < -0.4 is 5.73 Å². The van der Waals surface area contributed by atoms with Crippen LogP contribution in [0.5, 0.6) is 0 Å². The van der Waals surface area contributed by atoms with E-state index in [1.807, 2.05) is 0 Å². The van der Waals surface area contributed by atoms with Crippen LogP contribution in [-0.2, 0) is 0 Å². The minimum Gasteiger partial charge on any atom is -0.330 e. The summed E-state index contributed by atoms with van der Waals surface area (Å²) in [6, 6.07) is 0. The van der Waals surface area contributed by atoms with E-state index in [0.717, 1.165) is 53.9 Å². The lowest BCUT2D eigenvalue weighted by atomic mass is 9.88. The van der Waals surface area contributed by atoms with Gasteiger partial charge in [-0.1, -0.05) is 48.0 Å². The predicted octanol–water partition coefficient (Wildman–Crippen LogP) is 4.42. The van der Waals surface area contributed by atoms with Crippen LogP contribution in [0.1, 0.15) is 54.4 Å². The number of rotatable bonds is 7. The van der Waals surface area contributed by atoms with Crippen molar-refractivity contribution in [2.24, 2.45) is 59.0 Å². The van der Waals surface area contributed by atoms with E-state index < -0.39 is 0 Å². The molecule has 2 N–H and O–H groups in total. The fourth-order valence-corrected chi connectivity index (χ4v) is 5.16. The first-order valence-electron chi connectivity index (χ1n) is 8.64. The van der Waals surface area contributed by atoms with Crippen molar-refractivity contribution in [2.45, 2.75) is 54.4 Å². The summed E-state index contributed by atoms with van der Waals surface area (Å²) in [6.45, 7) is 15.4. The molecule has 9 atom stereocenters. The molecule has 0 aromatic rings. The van der Waals surface area contributed by atoms with Crippen molar-refractivity contribution in [1.29, 1.82) is 0 Å². The predicted molar refractivity (Wildman–Crippen MR) is 83.7 cm³/mol. The van der Waals surface area contributed by atoms with Crippen LogP contribution in [0.25, 0.3) is 0 Å². The molecule has 9 unspecified atom stereocenters. The van der Waals surface area contributed by atoms with Gasteiger partial charge in [0.15, 0.2) is 0 Å². The highest BCUT2D eigenvalue weighted by Gasteiger charge is 2.54. The maximum absolute atomic E-state index is 5.84. The summed E-state index contributed by atoms with van der Waals surface area (Å²) in [5, 5.41) is 0. The summed E-state index contributed by atoms with van der Waals surface area (Å²) in [5.74, 6) is 8.39. The van der Waals surface area contributed by atoms with E-state index in [9.17, 15) is 0 Å². The molecule has 2 rings (SSSR count). The first-order valence-corrected chi connectivity index (χ1v) is 8.64. The molecule has 0 aliphatic heterocycles. The molecule has 0 heterocycles. The van der Waals surface area contributed by atoms with Gasteiger partial charge >= 0.3 is 0 Å². The molecular formula is C18H35N. The van der Waals surface area contributed by atoms with Gasteiger partial charge in [0, 0.05) is 0 Å². The molecule has 19 heavy (non-hydrogen) atoms. The van der Waals surface area contributed by atoms with E-state index in [0.29, 0.717) is 5.92 Å². The summed E-state index contributed by atoms with van der Waals surface area (Å²) in [7, 11) is 0. The van der Waals surface area contributed by atoms with Gasteiger partial charge in [-0.2, -0.15) is 0 Å². The Bertz CT molecular complexity index is 300. The van der Waals surface area contributed by atoms with Crippen LogP contribution in [0.4, 0.5) is 0 Å². The van der Waals surface area contributed by atoms with Gasteiger partial charge < -0.3 is 5.73 Å². The van der Waals surface area contributed by atoms with E-state index in [1.54, 1.807) is 0 Å². The van der Waals surface area contributed by atoms with Crippen LogP contribution in [0.2, 0.25) is 0 Å². The van der Waals surface area contributed by atoms with Gasteiger partial charge in [0.1, 0.15) is 0 Å². The van der Waals surface area contributed by atoms with Crippen molar-refractivity contribution < 1.29 is 0 Å². The van der Waals surface area contributed by atoms with Crippen molar-refractivity contribution in [1.82, 2.24) is 0 Å². The standard InChI is InChI=1S/C18H35N/c1-7-15-13(5)17(15)10(2)8-16-14(6)18(16)12(4)11(3)9-19/h10-18H,7-9,19H2,1-6H3. The van der Waals surface area contributed by atoms with Gasteiger partial charge in [0.05, 0.1) is 0 Å². The Hall–Kier alpha value is -0.0400. The third-order valence-electron chi connectivity index (χ3n) is 6.92. The van der Waals surface area contributed by atoms with Gasteiger partial charge in [-0.15, -0.1) is 0 Å².